The first-order chi connectivity index (χ1) is 16.9. The molecule has 1 heterocycles. The molecule has 0 radical (unpaired) electrons. The molecule has 0 aliphatic heterocycles. The fourth-order valence-electron chi connectivity index (χ4n) is 3.56. The van der Waals surface area contributed by atoms with Gasteiger partial charge < -0.3 is 24.6 Å². The van der Waals surface area contributed by atoms with Gasteiger partial charge in [0.1, 0.15) is 12.1 Å². The van der Waals surface area contributed by atoms with Crippen LogP contribution in [0.3, 0.4) is 0 Å². The normalized spacial score (nSPS) is 11.3. The van der Waals surface area contributed by atoms with Gasteiger partial charge >= 0.3 is 5.97 Å². The molecule has 0 bridgehead atoms. The van der Waals surface area contributed by atoms with Gasteiger partial charge in [0.25, 0.3) is 0 Å². The third-order valence-corrected chi connectivity index (χ3v) is 5.32. The van der Waals surface area contributed by atoms with Crippen LogP contribution in [0.25, 0.3) is 22.6 Å². The van der Waals surface area contributed by atoms with E-state index >= 15 is 0 Å². The quantitative estimate of drug-likeness (QED) is 0.266. The van der Waals surface area contributed by atoms with E-state index in [1.807, 2.05) is 0 Å². The van der Waals surface area contributed by atoms with Crippen molar-refractivity contribution >= 4 is 40.0 Å². The number of carboxylic acids is 1. The number of benzene rings is 3. The third kappa shape index (κ3) is 4.98. The Morgan fingerprint density at radius 1 is 0.914 bits per heavy atom. The fraction of sp³-hybridized carbons (Fsp3) is 0.115. The maximum absolute atomic E-state index is 14.0. The van der Waals surface area contributed by atoms with Gasteiger partial charge in [-0.2, -0.15) is 0 Å². The Kier molecular flexibility index (Phi) is 6.77. The van der Waals surface area contributed by atoms with Gasteiger partial charge in [0.15, 0.2) is 23.1 Å². The SMILES string of the molecule is COc1ccc(/C=C(/C(=O)O)c2ccc(Nc3ncnc4cc(OC)c(OC)cc34)cc2)cc1F. The zero-order valence-corrected chi connectivity index (χ0v) is 19.2. The van der Waals surface area contributed by atoms with Crippen molar-refractivity contribution in [3.05, 3.63) is 77.9 Å². The van der Waals surface area contributed by atoms with Crippen molar-refractivity contribution in [1.29, 1.82) is 0 Å². The van der Waals surface area contributed by atoms with Crippen LogP contribution in [-0.2, 0) is 4.79 Å². The van der Waals surface area contributed by atoms with Crippen molar-refractivity contribution in [2.24, 2.45) is 0 Å². The van der Waals surface area contributed by atoms with Crippen molar-refractivity contribution in [3.63, 3.8) is 0 Å². The van der Waals surface area contributed by atoms with Gasteiger partial charge in [-0.25, -0.2) is 19.2 Å². The van der Waals surface area contributed by atoms with E-state index in [0.717, 1.165) is 5.39 Å². The van der Waals surface area contributed by atoms with E-state index in [2.05, 4.69) is 15.3 Å². The molecule has 0 aliphatic rings. The first-order valence-corrected chi connectivity index (χ1v) is 10.5. The molecular formula is C26H22FN3O5. The number of carboxylic acid groups (broad SMARTS) is 1. The summed E-state index contributed by atoms with van der Waals surface area (Å²) in [5.74, 6) is 0.0222. The van der Waals surface area contributed by atoms with Crippen LogP contribution in [0.4, 0.5) is 15.9 Å². The van der Waals surface area contributed by atoms with Crippen LogP contribution in [0, 0.1) is 5.82 Å². The lowest BCUT2D eigenvalue weighted by atomic mass is 10.0. The van der Waals surface area contributed by atoms with E-state index in [0.29, 0.717) is 39.6 Å². The van der Waals surface area contributed by atoms with E-state index in [-0.39, 0.29) is 11.3 Å². The van der Waals surface area contributed by atoms with Gasteiger partial charge in [0.2, 0.25) is 0 Å². The lowest BCUT2D eigenvalue weighted by Gasteiger charge is -2.12. The van der Waals surface area contributed by atoms with Crippen molar-refractivity contribution < 1.29 is 28.5 Å². The van der Waals surface area contributed by atoms with Crippen LogP contribution < -0.4 is 19.5 Å². The molecule has 0 saturated heterocycles. The van der Waals surface area contributed by atoms with Crippen molar-refractivity contribution in [1.82, 2.24) is 9.97 Å². The number of aromatic nitrogens is 2. The smallest absolute Gasteiger partial charge is 0.336 e. The Bertz CT molecular complexity index is 1420. The highest BCUT2D eigenvalue weighted by molar-refractivity contribution is 6.20. The van der Waals surface area contributed by atoms with E-state index < -0.39 is 11.8 Å². The molecule has 178 valence electrons. The van der Waals surface area contributed by atoms with Crippen molar-refractivity contribution in [3.8, 4) is 17.2 Å². The minimum atomic E-state index is -1.13. The number of nitrogens with one attached hydrogen (secondary N) is 1. The number of fused-ring (bicyclic) bond motifs is 1. The van der Waals surface area contributed by atoms with Crippen molar-refractivity contribution in [2.45, 2.75) is 0 Å². The maximum Gasteiger partial charge on any atom is 0.336 e. The molecule has 0 atom stereocenters. The first-order valence-electron chi connectivity index (χ1n) is 10.5. The zero-order chi connectivity index (χ0) is 24.9. The number of aliphatic carboxylic acids is 1. The number of hydrogen-bond donors (Lipinski definition) is 2. The second-order valence-corrected chi connectivity index (χ2v) is 7.41. The van der Waals surface area contributed by atoms with Gasteiger partial charge in [-0.15, -0.1) is 0 Å². The standard InChI is InChI=1S/C26H22FN3O5/c1-33-22-9-4-15(11-20(22)27)10-18(26(31)32)16-5-7-17(8-6-16)30-25-19-12-23(34-2)24(35-3)13-21(19)28-14-29-25/h4-14H,1-3H3,(H,31,32)(H,28,29,30)/b18-10+. The molecule has 4 aromatic rings. The van der Waals surface area contributed by atoms with Crippen LogP contribution in [0.1, 0.15) is 11.1 Å². The number of carbonyl (C=O) groups is 1. The summed E-state index contributed by atoms with van der Waals surface area (Å²) in [5, 5.41) is 13.7. The Labute approximate surface area is 200 Å². The third-order valence-electron chi connectivity index (χ3n) is 5.32. The molecule has 0 fully saturated rings. The van der Waals surface area contributed by atoms with Crippen LogP contribution in [0.15, 0.2) is 60.9 Å². The summed E-state index contributed by atoms with van der Waals surface area (Å²) in [5.41, 5.74) is 2.23. The predicted molar refractivity (Wildman–Crippen MR) is 131 cm³/mol. The number of methoxy groups -OCH3 is 3. The zero-order valence-electron chi connectivity index (χ0n) is 19.2. The molecule has 1 aromatic heterocycles. The molecule has 9 heteroatoms. The van der Waals surface area contributed by atoms with E-state index in [4.69, 9.17) is 14.2 Å². The van der Waals surface area contributed by atoms with Crippen LogP contribution in [0.5, 0.6) is 17.2 Å². The average Bonchev–Trinajstić information content (AvgIpc) is 2.87. The van der Waals surface area contributed by atoms with Crippen LogP contribution in [-0.4, -0.2) is 42.4 Å². The number of nitrogens with zero attached hydrogens (tertiary/aromatic N) is 2. The summed E-state index contributed by atoms with van der Waals surface area (Å²) in [6.45, 7) is 0. The molecule has 4 rings (SSSR count). The fourth-order valence-corrected chi connectivity index (χ4v) is 3.56. The summed E-state index contributed by atoms with van der Waals surface area (Å²) in [7, 11) is 4.47. The highest BCUT2D eigenvalue weighted by Gasteiger charge is 2.14. The molecule has 0 amide bonds. The highest BCUT2D eigenvalue weighted by atomic mass is 19.1. The van der Waals surface area contributed by atoms with E-state index in [9.17, 15) is 14.3 Å². The molecule has 0 aliphatic carbocycles. The van der Waals surface area contributed by atoms with Gasteiger partial charge in [0, 0.05) is 17.1 Å². The number of rotatable bonds is 8. The molecule has 0 spiro atoms. The van der Waals surface area contributed by atoms with Crippen molar-refractivity contribution in [2.75, 3.05) is 26.6 Å². The average molecular weight is 475 g/mol. The van der Waals surface area contributed by atoms with E-state index in [1.165, 1.54) is 31.6 Å². The summed E-state index contributed by atoms with van der Waals surface area (Å²) < 4.78 is 29.7. The summed E-state index contributed by atoms with van der Waals surface area (Å²) in [4.78, 5) is 20.5. The predicted octanol–water partition coefficient (Wildman–Crippen LogP) is 5.16. The highest BCUT2D eigenvalue weighted by Crippen LogP contribution is 2.34. The Balaban J connectivity index is 1.64. The Morgan fingerprint density at radius 3 is 2.23 bits per heavy atom. The molecule has 35 heavy (non-hydrogen) atoms. The number of hydrogen-bond acceptors (Lipinski definition) is 7. The summed E-state index contributed by atoms with van der Waals surface area (Å²) in [6, 6.07) is 14.6. The van der Waals surface area contributed by atoms with Gasteiger partial charge in [-0.1, -0.05) is 18.2 Å². The molecular weight excluding hydrogens is 453 g/mol. The molecule has 3 aromatic carbocycles. The van der Waals surface area contributed by atoms with Crippen LogP contribution >= 0.6 is 0 Å². The largest absolute Gasteiger partial charge is 0.494 e. The van der Waals surface area contributed by atoms with E-state index in [1.54, 1.807) is 56.7 Å². The second-order valence-electron chi connectivity index (χ2n) is 7.41. The summed E-state index contributed by atoms with van der Waals surface area (Å²) in [6.07, 6.45) is 2.84. The lowest BCUT2D eigenvalue weighted by Crippen LogP contribution is -2.01. The number of anilines is 2. The maximum atomic E-state index is 14.0. The number of halogens is 1. The monoisotopic (exact) mass is 475 g/mol. The number of ether oxygens (including phenoxy) is 3. The molecule has 8 nitrogen and oxygen atoms in total. The molecule has 0 saturated carbocycles. The van der Waals surface area contributed by atoms with Gasteiger partial charge in [-0.3, -0.25) is 0 Å². The van der Waals surface area contributed by atoms with Gasteiger partial charge in [0.05, 0.1) is 32.4 Å². The summed E-state index contributed by atoms with van der Waals surface area (Å²) >= 11 is 0. The molecule has 0 unspecified atom stereocenters. The minimum Gasteiger partial charge on any atom is -0.494 e. The first kappa shape index (κ1) is 23.5. The van der Waals surface area contributed by atoms with Gasteiger partial charge in [-0.05, 0) is 47.5 Å². The minimum absolute atomic E-state index is 0.0189. The Morgan fingerprint density at radius 2 is 1.60 bits per heavy atom. The molecule has 2 N–H and O–H groups in total. The topological polar surface area (TPSA) is 103 Å². The van der Waals surface area contributed by atoms with Crippen LogP contribution in [0.2, 0.25) is 0 Å². The second kappa shape index (κ2) is 10.1. The Hall–Kier alpha value is -4.66. The lowest BCUT2D eigenvalue weighted by molar-refractivity contribution is -0.130.